The van der Waals surface area contributed by atoms with Crippen LogP contribution < -0.4 is 5.32 Å². The van der Waals surface area contributed by atoms with Gasteiger partial charge in [0.1, 0.15) is 5.82 Å². The molecule has 0 fully saturated rings. The van der Waals surface area contributed by atoms with Crippen molar-refractivity contribution in [3.05, 3.63) is 65.5 Å². The molecule has 0 saturated heterocycles. The molecule has 2 rings (SSSR count). The Morgan fingerprint density at radius 3 is 2.50 bits per heavy atom. The first kappa shape index (κ1) is 16.8. The fourth-order valence-corrected chi connectivity index (χ4v) is 2.79. The van der Waals surface area contributed by atoms with Crippen LogP contribution in [-0.4, -0.2) is 16.5 Å². The smallest absolute Gasteiger partial charge is 0.123 e. The lowest BCUT2D eigenvalue weighted by atomic mass is 10.1. The molecule has 0 radical (unpaired) electrons. The van der Waals surface area contributed by atoms with Crippen molar-refractivity contribution in [3.63, 3.8) is 0 Å². The minimum Gasteiger partial charge on any atom is -0.310 e. The van der Waals surface area contributed by atoms with Crippen LogP contribution >= 0.6 is 0 Å². The van der Waals surface area contributed by atoms with Gasteiger partial charge in [-0.1, -0.05) is 24.3 Å². The van der Waals surface area contributed by atoms with Crippen LogP contribution in [0.4, 0.5) is 4.39 Å². The molecule has 118 valence electrons. The molecule has 0 saturated carbocycles. The zero-order chi connectivity index (χ0) is 15.9. The molecule has 0 aliphatic rings. The summed E-state index contributed by atoms with van der Waals surface area (Å²) in [7, 11) is -0.927. The number of hydrogen-bond donors (Lipinski definition) is 1. The molecule has 1 N–H and O–H groups in total. The monoisotopic (exact) mass is 319 g/mol. The van der Waals surface area contributed by atoms with E-state index in [1.807, 2.05) is 30.3 Å². The van der Waals surface area contributed by atoms with Crippen LogP contribution in [-0.2, 0) is 23.8 Å². The molecule has 0 heterocycles. The second kappa shape index (κ2) is 8.20. The molecular formula is C18H22FNOS. The highest BCUT2D eigenvalue weighted by molar-refractivity contribution is 7.84. The molecule has 2 aromatic rings. The maximum absolute atomic E-state index is 13.1. The summed E-state index contributed by atoms with van der Waals surface area (Å²) in [6.07, 6.45) is 3.50. The van der Waals surface area contributed by atoms with E-state index in [1.54, 1.807) is 18.4 Å². The van der Waals surface area contributed by atoms with E-state index in [2.05, 4.69) is 12.2 Å². The van der Waals surface area contributed by atoms with Gasteiger partial charge in [-0.25, -0.2) is 4.39 Å². The molecular weight excluding hydrogens is 297 g/mol. The van der Waals surface area contributed by atoms with Gasteiger partial charge in [-0.2, -0.15) is 0 Å². The zero-order valence-corrected chi connectivity index (χ0v) is 13.8. The number of halogens is 1. The minimum absolute atomic E-state index is 0.175. The Morgan fingerprint density at radius 1 is 1.14 bits per heavy atom. The van der Waals surface area contributed by atoms with Gasteiger partial charge in [0.15, 0.2) is 0 Å². The standard InChI is InChI=1S/C18H22FNOS/c1-14(6-7-15-4-3-5-17(19)12-15)20-13-16-8-10-18(11-9-16)22(2)21/h3-5,8-12,14,20H,6-7,13H2,1-2H3. The van der Waals surface area contributed by atoms with Crippen LogP contribution in [0.1, 0.15) is 24.5 Å². The Kier molecular flexibility index (Phi) is 6.28. The summed E-state index contributed by atoms with van der Waals surface area (Å²) in [6, 6.07) is 14.9. The summed E-state index contributed by atoms with van der Waals surface area (Å²) in [5, 5.41) is 3.46. The third kappa shape index (κ3) is 5.35. The van der Waals surface area contributed by atoms with Crippen LogP contribution in [0.15, 0.2) is 53.4 Å². The van der Waals surface area contributed by atoms with Gasteiger partial charge in [0, 0.05) is 34.5 Å². The summed E-state index contributed by atoms with van der Waals surface area (Å²) in [6.45, 7) is 2.91. The predicted molar refractivity (Wildman–Crippen MR) is 89.8 cm³/mol. The Labute approximate surface area is 134 Å². The highest BCUT2D eigenvalue weighted by Gasteiger charge is 2.04. The number of aryl methyl sites for hydroxylation is 1. The third-order valence-corrected chi connectivity index (χ3v) is 4.60. The molecule has 0 spiro atoms. The Morgan fingerprint density at radius 2 is 1.86 bits per heavy atom. The lowest BCUT2D eigenvalue weighted by Gasteiger charge is -2.14. The van der Waals surface area contributed by atoms with Crippen molar-refractivity contribution in [1.29, 1.82) is 0 Å². The average molecular weight is 319 g/mol. The maximum Gasteiger partial charge on any atom is 0.123 e. The van der Waals surface area contributed by atoms with E-state index in [9.17, 15) is 8.60 Å². The van der Waals surface area contributed by atoms with Crippen molar-refractivity contribution in [1.82, 2.24) is 5.32 Å². The maximum atomic E-state index is 13.1. The van der Waals surface area contributed by atoms with Crippen LogP contribution in [0.5, 0.6) is 0 Å². The summed E-state index contributed by atoms with van der Waals surface area (Å²) >= 11 is 0. The van der Waals surface area contributed by atoms with Gasteiger partial charge in [0.2, 0.25) is 0 Å². The van der Waals surface area contributed by atoms with Gasteiger partial charge in [0.05, 0.1) is 0 Å². The fraction of sp³-hybridized carbons (Fsp3) is 0.333. The Bertz CT molecular complexity index is 627. The number of hydrogen-bond acceptors (Lipinski definition) is 2. The molecule has 2 aromatic carbocycles. The Hall–Kier alpha value is -1.52. The van der Waals surface area contributed by atoms with Crippen molar-refractivity contribution in [3.8, 4) is 0 Å². The van der Waals surface area contributed by atoms with Gasteiger partial charge in [-0.3, -0.25) is 4.21 Å². The largest absolute Gasteiger partial charge is 0.310 e. The number of nitrogens with one attached hydrogen (secondary N) is 1. The fourth-order valence-electron chi connectivity index (χ4n) is 2.27. The van der Waals surface area contributed by atoms with Gasteiger partial charge in [-0.15, -0.1) is 0 Å². The van der Waals surface area contributed by atoms with Crippen molar-refractivity contribution in [2.24, 2.45) is 0 Å². The molecule has 2 atom stereocenters. The topological polar surface area (TPSA) is 29.1 Å². The quantitative estimate of drug-likeness (QED) is 0.843. The van der Waals surface area contributed by atoms with Crippen molar-refractivity contribution in [2.45, 2.75) is 37.2 Å². The summed E-state index contributed by atoms with van der Waals surface area (Å²) < 4.78 is 24.4. The van der Waals surface area contributed by atoms with Crippen molar-refractivity contribution >= 4 is 10.8 Å². The first-order valence-corrected chi connectivity index (χ1v) is 9.00. The minimum atomic E-state index is -0.927. The molecule has 0 bridgehead atoms. The molecule has 0 aliphatic carbocycles. The van der Waals surface area contributed by atoms with E-state index < -0.39 is 10.8 Å². The van der Waals surface area contributed by atoms with Crippen LogP contribution in [0, 0.1) is 5.82 Å². The molecule has 22 heavy (non-hydrogen) atoms. The second-order valence-corrected chi connectivity index (χ2v) is 6.93. The molecule has 2 nitrogen and oxygen atoms in total. The van der Waals surface area contributed by atoms with Crippen molar-refractivity contribution < 1.29 is 8.60 Å². The molecule has 0 aromatic heterocycles. The lowest BCUT2D eigenvalue weighted by molar-refractivity contribution is 0.513. The van der Waals surface area contributed by atoms with E-state index in [-0.39, 0.29) is 5.82 Å². The SMILES string of the molecule is CC(CCc1cccc(F)c1)NCc1ccc(S(C)=O)cc1. The summed E-state index contributed by atoms with van der Waals surface area (Å²) in [5.74, 6) is -0.175. The first-order chi connectivity index (χ1) is 10.5. The summed E-state index contributed by atoms with van der Waals surface area (Å²) in [4.78, 5) is 0.850. The predicted octanol–water partition coefficient (Wildman–Crippen LogP) is 3.67. The molecule has 0 amide bonds. The number of benzene rings is 2. The third-order valence-electron chi connectivity index (χ3n) is 3.66. The van der Waals surface area contributed by atoms with Gasteiger partial charge >= 0.3 is 0 Å². The van der Waals surface area contributed by atoms with Crippen LogP contribution in [0.3, 0.4) is 0 Å². The molecule has 0 aliphatic heterocycles. The highest BCUT2D eigenvalue weighted by Crippen LogP contribution is 2.10. The lowest BCUT2D eigenvalue weighted by Crippen LogP contribution is -2.25. The number of rotatable bonds is 7. The van der Waals surface area contributed by atoms with Crippen LogP contribution in [0.2, 0.25) is 0 Å². The van der Waals surface area contributed by atoms with E-state index in [1.165, 1.54) is 11.6 Å². The molecule has 4 heteroatoms. The first-order valence-electron chi connectivity index (χ1n) is 7.45. The zero-order valence-electron chi connectivity index (χ0n) is 13.0. The van der Waals surface area contributed by atoms with Crippen molar-refractivity contribution in [2.75, 3.05) is 6.26 Å². The van der Waals surface area contributed by atoms with Gasteiger partial charge in [-0.05, 0) is 55.2 Å². The van der Waals surface area contributed by atoms with Gasteiger partial charge in [0.25, 0.3) is 0 Å². The average Bonchev–Trinajstić information content (AvgIpc) is 2.51. The summed E-state index contributed by atoms with van der Waals surface area (Å²) in [5.41, 5.74) is 2.20. The molecule has 2 unspecified atom stereocenters. The van der Waals surface area contributed by atoms with Crippen LogP contribution in [0.25, 0.3) is 0 Å². The second-order valence-electron chi connectivity index (χ2n) is 5.55. The van der Waals surface area contributed by atoms with E-state index in [0.717, 1.165) is 29.8 Å². The van der Waals surface area contributed by atoms with E-state index in [0.29, 0.717) is 6.04 Å². The normalized spacial score (nSPS) is 13.8. The van der Waals surface area contributed by atoms with E-state index >= 15 is 0 Å². The van der Waals surface area contributed by atoms with Gasteiger partial charge < -0.3 is 5.32 Å². The Balaban J connectivity index is 1.77. The van der Waals surface area contributed by atoms with E-state index in [4.69, 9.17) is 0 Å². The highest BCUT2D eigenvalue weighted by atomic mass is 32.2.